The number of aromatic hydroxyl groups is 1. The molecule has 4 aromatic carbocycles. The van der Waals surface area contributed by atoms with Crippen molar-refractivity contribution in [3.63, 3.8) is 0 Å². The number of nitrogens with one attached hydrogen (secondary N) is 4. The van der Waals surface area contributed by atoms with E-state index in [9.17, 15) is 22.9 Å². The van der Waals surface area contributed by atoms with Crippen molar-refractivity contribution in [2.45, 2.75) is 63.7 Å². The molecule has 0 aliphatic heterocycles. The predicted octanol–water partition coefficient (Wildman–Crippen LogP) is 7.22. The van der Waals surface area contributed by atoms with Gasteiger partial charge in [0, 0.05) is 11.1 Å². The first-order valence-corrected chi connectivity index (χ1v) is 18.7. The van der Waals surface area contributed by atoms with Crippen molar-refractivity contribution in [3.8, 4) is 5.75 Å². The Balaban J connectivity index is 1.33. The minimum atomic E-state index is -4.66. The van der Waals surface area contributed by atoms with E-state index >= 15 is 0 Å². The molecule has 5 rings (SSSR count). The molecule has 0 amide bonds. The molecular formula is C37H45N9O5S. The molecule has 0 fully saturated rings. The number of aromatic nitrogens is 3. The van der Waals surface area contributed by atoms with Gasteiger partial charge in [-0.05, 0) is 124 Å². The summed E-state index contributed by atoms with van der Waals surface area (Å²) in [6.07, 6.45) is 7.89. The van der Waals surface area contributed by atoms with Crippen molar-refractivity contribution in [1.82, 2.24) is 20.3 Å². The Bertz CT molecular complexity index is 2190. The number of aryl methyl sites for hydroxylation is 3. The molecule has 15 heteroatoms. The fourth-order valence-electron chi connectivity index (χ4n) is 5.78. The third kappa shape index (κ3) is 10.6. The maximum Gasteiger partial charge on any atom is 0.351 e. The highest BCUT2D eigenvalue weighted by Gasteiger charge is 2.20. The third-order valence-electron chi connectivity index (χ3n) is 8.40. The zero-order chi connectivity index (χ0) is 37.1. The lowest BCUT2D eigenvalue weighted by atomic mass is 10.0. The van der Waals surface area contributed by atoms with Crippen LogP contribution in [0.4, 0.5) is 34.6 Å². The van der Waals surface area contributed by atoms with E-state index in [1.54, 1.807) is 19.1 Å². The second-order valence-electron chi connectivity index (χ2n) is 12.7. The number of nitrogens with zero attached hydrogens (tertiary/aromatic N) is 4. The van der Waals surface area contributed by atoms with Gasteiger partial charge < -0.3 is 26.8 Å². The van der Waals surface area contributed by atoms with Gasteiger partial charge in [-0.25, -0.2) is 4.79 Å². The minimum Gasteiger partial charge on any atom is -0.505 e. The van der Waals surface area contributed by atoms with Crippen molar-refractivity contribution in [1.29, 1.82) is 0 Å². The number of unbranched alkanes of at least 4 members (excludes halogenated alkanes) is 4. The summed E-state index contributed by atoms with van der Waals surface area (Å²) in [4.78, 5) is 22.8. The molecule has 0 aliphatic carbocycles. The number of nitrogens with two attached hydrogens (primary N) is 1. The van der Waals surface area contributed by atoms with Gasteiger partial charge in [-0.2, -0.15) is 23.5 Å². The van der Waals surface area contributed by atoms with Crippen LogP contribution < -0.4 is 27.4 Å². The average molecular weight is 728 g/mol. The number of anilines is 4. The summed E-state index contributed by atoms with van der Waals surface area (Å²) in [5, 5.41) is 30.0. The van der Waals surface area contributed by atoms with E-state index < -0.39 is 20.7 Å². The Kier molecular flexibility index (Phi) is 13.0. The van der Waals surface area contributed by atoms with Gasteiger partial charge in [0.1, 0.15) is 5.69 Å². The average Bonchev–Trinajstić information content (AvgIpc) is 3.08. The maximum atomic E-state index is 12.5. The topological polar surface area (TPSA) is 220 Å². The SMILES string of the molecule is Cc1cccc(Nc2nc(Nc3cc(S(=O)(=O)O)cc4cc(C)c(N=Nc5ccc(CCCNCCCCCCCN)cc5)c(O)c34)nc(=O)[nH]2)c1. The van der Waals surface area contributed by atoms with E-state index in [2.05, 4.69) is 41.1 Å². The number of fused-ring (bicyclic) bond motifs is 1. The standard InChI is InChI=1S/C37H45N9O5S/c1-24-10-8-12-29(20-24)40-35-42-36(44-37(48)43-35)41-31-23-30(52(49,50)51)22-27-21-25(2)33(34(47)32(27)31)46-45-28-15-13-26(14-16-28)11-9-19-39-18-7-5-3-4-6-17-38/h8,10,12-16,20-23,39,47H,3-7,9,11,17-19,38H2,1-2H3,(H,49,50,51)(H3,40,41,42,43,44,48). The fraction of sp³-hybridized carbons (Fsp3) is 0.324. The minimum absolute atomic E-state index is 0.00698. The van der Waals surface area contributed by atoms with Gasteiger partial charge in [0.15, 0.2) is 5.75 Å². The summed E-state index contributed by atoms with van der Waals surface area (Å²) in [7, 11) is -4.66. The van der Waals surface area contributed by atoms with Crippen LogP contribution in [0.5, 0.6) is 5.75 Å². The summed E-state index contributed by atoms with van der Waals surface area (Å²) < 4.78 is 34.3. The Labute approximate surface area is 302 Å². The van der Waals surface area contributed by atoms with E-state index in [1.165, 1.54) is 37.3 Å². The van der Waals surface area contributed by atoms with Crippen molar-refractivity contribution in [3.05, 3.63) is 93.9 Å². The van der Waals surface area contributed by atoms with Crippen molar-refractivity contribution >= 4 is 55.5 Å². The third-order valence-corrected chi connectivity index (χ3v) is 9.23. The van der Waals surface area contributed by atoms with Gasteiger partial charge in [-0.1, -0.05) is 43.5 Å². The molecule has 0 radical (unpaired) electrons. The van der Waals surface area contributed by atoms with E-state index in [4.69, 9.17) is 5.73 Å². The van der Waals surface area contributed by atoms with Crippen LogP contribution in [0, 0.1) is 13.8 Å². The molecule has 0 saturated carbocycles. The van der Waals surface area contributed by atoms with Crippen LogP contribution in [0.25, 0.3) is 10.8 Å². The normalized spacial score (nSPS) is 11.8. The lowest BCUT2D eigenvalue weighted by molar-refractivity contribution is 0.480. The van der Waals surface area contributed by atoms with Crippen LogP contribution >= 0.6 is 0 Å². The summed E-state index contributed by atoms with van der Waals surface area (Å²) in [5.41, 5.74) is 8.88. The highest BCUT2D eigenvalue weighted by Crippen LogP contribution is 2.44. The van der Waals surface area contributed by atoms with Gasteiger partial charge >= 0.3 is 5.69 Å². The first-order valence-electron chi connectivity index (χ1n) is 17.3. The number of phenols is 1. The lowest BCUT2D eigenvalue weighted by Gasteiger charge is -2.15. The molecule has 0 saturated heterocycles. The number of rotatable bonds is 18. The zero-order valence-corrected chi connectivity index (χ0v) is 30.1. The summed E-state index contributed by atoms with van der Waals surface area (Å²) in [6.45, 7) is 6.36. The molecule has 1 aromatic heterocycles. The lowest BCUT2D eigenvalue weighted by Crippen LogP contribution is -2.17. The van der Waals surface area contributed by atoms with Crippen LogP contribution in [-0.4, -0.2) is 52.7 Å². The number of azo groups is 1. The van der Waals surface area contributed by atoms with Crippen LogP contribution in [0.1, 0.15) is 55.2 Å². The number of hydrogen-bond donors (Lipinski definition) is 7. The van der Waals surface area contributed by atoms with E-state index in [1.807, 2.05) is 49.4 Å². The highest BCUT2D eigenvalue weighted by molar-refractivity contribution is 7.85. The van der Waals surface area contributed by atoms with Gasteiger partial charge in [0.2, 0.25) is 11.9 Å². The molecule has 274 valence electrons. The quantitative estimate of drug-likeness (QED) is 0.0271. The van der Waals surface area contributed by atoms with Gasteiger partial charge in [-0.3, -0.25) is 9.54 Å². The summed E-state index contributed by atoms with van der Waals surface area (Å²) in [5.74, 6) is -0.424. The first kappa shape index (κ1) is 38.0. The molecule has 14 nitrogen and oxygen atoms in total. The monoisotopic (exact) mass is 727 g/mol. The molecule has 0 unspecified atom stereocenters. The Hall–Kier alpha value is -5.22. The van der Waals surface area contributed by atoms with Gasteiger partial charge in [0.05, 0.1) is 16.3 Å². The van der Waals surface area contributed by atoms with E-state index in [0.717, 1.165) is 50.5 Å². The first-order chi connectivity index (χ1) is 25.0. The van der Waals surface area contributed by atoms with Crippen LogP contribution in [-0.2, 0) is 16.5 Å². The van der Waals surface area contributed by atoms with Crippen LogP contribution in [0.3, 0.4) is 0 Å². The summed E-state index contributed by atoms with van der Waals surface area (Å²) in [6, 6.07) is 19.1. The molecular weight excluding hydrogens is 683 g/mol. The molecule has 0 aliphatic rings. The van der Waals surface area contributed by atoms with Gasteiger partial charge in [0.25, 0.3) is 10.1 Å². The number of H-pyrrole nitrogens is 1. The smallest absolute Gasteiger partial charge is 0.351 e. The second kappa shape index (κ2) is 17.8. The van der Waals surface area contributed by atoms with Gasteiger partial charge in [-0.15, -0.1) is 5.11 Å². The molecule has 8 N–H and O–H groups in total. The van der Waals surface area contributed by atoms with Crippen LogP contribution in [0.15, 0.2) is 86.6 Å². The number of hydrogen-bond acceptors (Lipinski definition) is 12. The Morgan fingerprint density at radius 2 is 1.62 bits per heavy atom. The fourth-order valence-corrected chi connectivity index (χ4v) is 6.32. The predicted molar refractivity (Wildman–Crippen MR) is 205 cm³/mol. The molecule has 1 heterocycles. The van der Waals surface area contributed by atoms with Crippen molar-refractivity contribution < 1.29 is 18.1 Å². The Morgan fingerprint density at radius 1 is 0.865 bits per heavy atom. The molecule has 5 aromatic rings. The number of benzene rings is 4. The second-order valence-corrected chi connectivity index (χ2v) is 14.1. The maximum absolute atomic E-state index is 12.5. The molecule has 0 atom stereocenters. The molecule has 52 heavy (non-hydrogen) atoms. The largest absolute Gasteiger partial charge is 0.505 e. The van der Waals surface area contributed by atoms with Crippen LogP contribution in [0.2, 0.25) is 0 Å². The highest BCUT2D eigenvalue weighted by atomic mass is 32.2. The number of phenolic OH excluding ortho intramolecular Hbond substituents is 1. The van der Waals surface area contributed by atoms with Crippen molar-refractivity contribution in [2.75, 3.05) is 30.3 Å². The van der Waals surface area contributed by atoms with E-state index in [-0.39, 0.29) is 39.8 Å². The zero-order valence-electron chi connectivity index (χ0n) is 29.3. The number of aromatic amines is 1. The molecule has 0 bridgehead atoms. The van der Waals surface area contributed by atoms with Crippen molar-refractivity contribution in [2.24, 2.45) is 16.0 Å². The molecule has 0 spiro atoms. The van der Waals surface area contributed by atoms with E-state index in [0.29, 0.717) is 16.9 Å². The Morgan fingerprint density at radius 3 is 2.37 bits per heavy atom. The summed E-state index contributed by atoms with van der Waals surface area (Å²) >= 11 is 0.